The lowest BCUT2D eigenvalue weighted by Gasteiger charge is -2.09. The lowest BCUT2D eigenvalue weighted by atomic mass is 10.2. The summed E-state index contributed by atoms with van der Waals surface area (Å²) < 4.78 is 55.0. The molecule has 0 aliphatic carbocycles. The minimum absolute atomic E-state index is 0.181. The highest BCUT2D eigenvalue weighted by molar-refractivity contribution is 7.99. The molecule has 5 nitrogen and oxygen atoms in total. The van der Waals surface area contributed by atoms with E-state index in [1.807, 2.05) is 31.2 Å². The standard InChI is InChI=1S/C26H22O5S3/c1-19-3-5-20(6-4-19)31-21-7-13-25(14-8-21)34(29,30)26-17-11-23(12-18-26)32-22-9-15-24(16-10-22)33(2,27)28/h3-18H,1-2H3. The first-order valence-electron chi connectivity index (χ1n) is 10.3. The molecule has 8 heteroatoms. The van der Waals surface area contributed by atoms with Crippen LogP contribution in [0.25, 0.3) is 0 Å². The fraction of sp³-hybridized carbons (Fsp3) is 0.0769. The number of ether oxygens (including phenoxy) is 1. The molecule has 0 spiro atoms. The van der Waals surface area contributed by atoms with E-state index in [0.29, 0.717) is 11.5 Å². The van der Waals surface area contributed by atoms with Gasteiger partial charge in [0.2, 0.25) is 9.84 Å². The Morgan fingerprint density at radius 1 is 0.559 bits per heavy atom. The van der Waals surface area contributed by atoms with E-state index in [-0.39, 0.29) is 14.7 Å². The van der Waals surface area contributed by atoms with Crippen molar-refractivity contribution in [3.8, 4) is 11.5 Å². The van der Waals surface area contributed by atoms with Crippen LogP contribution < -0.4 is 4.74 Å². The van der Waals surface area contributed by atoms with Crippen molar-refractivity contribution in [2.75, 3.05) is 6.26 Å². The third kappa shape index (κ3) is 5.70. The molecule has 34 heavy (non-hydrogen) atoms. The first kappa shape index (κ1) is 24.1. The number of rotatable bonds is 7. The van der Waals surface area contributed by atoms with Crippen molar-refractivity contribution >= 4 is 31.4 Å². The van der Waals surface area contributed by atoms with Gasteiger partial charge < -0.3 is 4.74 Å². The average Bonchev–Trinajstić information content (AvgIpc) is 2.81. The molecule has 0 fully saturated rings. The molecule has 0 N–H and O–H groups in total. The summed E-state index contributed by atoms with van der Waals surface area (Å²) in [7, 11) is -6.92. The van der Waals surface area contributed by atoms with Gasteiger partial charge in [-0.1, -0.05) is 29.5 Å². The Labute approximate surface area is 204 Å². The predicted molar refractivity (Wildman–Crippen MR) is 133 cm³/mol. The van der Waals surface area contributed by atoms with Crippen molar-refractivity contribution < 1.29 is 21.6 Å². The Morgan fingerprint density at radius 3 is 1.38 bits per heavy atom. The zero-order chi connectivity index (χ0) is 24.3. The van der Waals surface area contributed by atoms with Crippen LogP contribution in [0.2, 0.25) is 0 Å². The number of hydrogen-bond donors (Lipinski definition) is 0. The molecular weight excluding hydrogens is 488 g/mol. The molecule has 0 aliphatic rings. The van der Waals surface area contributed by atoms with Crippen LogP contribution >= 0.6 is 11.8 Å². The number of benzene rings is 4. The van der Waals surface area contributed by atoms with Crippen LogP contribution in [-0.4, -0.2) is 23.1 Å². The van der Waals surface area contributed by atoms with Gasteiger partial charge in [0.05, 0.1) is 14.7 Å². The zero-order valence-electron chi connectivity index (χ0n) is 18.5. The monoisotopic (exact) mass is 510 g/mol. The third-order valence-corrected chi connectivity index (χ3v) is 8.94. The van der Waals surface area contributed by atoms with Gasteiger partial charge in [-0.3, -0.25) is 0 Å². The highest BCUT2D eigenvalue weighted by Gasteiger charge is 2.18. The summed E-state index contributed by atoms with van der Waals surface area (Å²) in [4.78, 5) is 2.32. The lowest BCUT2D eigenvalue weighted by Crippen LogP contribution is -2.01. The van der Waals surface area contributed by atoms with E-state index in [1.165, 1.54) is 30.2 Å². The molecule has 0 atom stereocenters. The zero-order valence-corrected chi connectivity index (χ0v) is 21.0. The van der Waals surface area contributed by atoms with E-state index in [9.17, 15) is 16.8 Å². The minimum atomic E-state index is -3.68. The van der Waals surface area contributed by atoms with E-state index >= 15 is 0 Å². The van der Waals surface area contributed by atoms with E-state index in [0.717, 1.165) is 15.4 Å². The van der Waals surface area contributed by atoms with E-state index < -0.39 is 19.7 Å². The Hall–Kier alpha value is -3.07. The van der Waals surface area contributed by atoms with Crippen LogP contribution in [0, 0.1) is 6.92 Å². The molecule has 174 valence electrons. The van der Waals surface area contributed by atoms with Gasteiger partial charge in [-0.2, -0.15) is 0 Å². The van der Waals surface area contributed by atoms with E-state index in [4.69, 9.17) is 4.74 Å². The van der Waals surface area contributed by atoms with Crippen LogP contribution in [0.1, 0.15) is 5.56 Å². The maximum atomic E-state index is 13.0. The minimum Gasteiger partial charge on any atom is -0.457 e. The summed E-state index contributed by atoms with van der Waals surface area (Å²) in [6, 6.07) is 27.1. The molecule has 0 bridgehead atoms. The molecule has 0 saturated heterocycles. The maximum absolute atomic E-state index is 13.0. The Balaban J connectivity index is 1.46. The molecule has 0 aliphatic heterocycles. The summed E-state index contributed by atoms with van der Waals surface area (Å²) in [5.41, 5.74) is 1.13. The first-order valence-corrected chi connectivity index (χ1v) is 14.5. The van der Waals surface area contributed by atoms with Crippen molar-refractivity contribution in [2.45, 2.75) is 31.4 Å². The van der Waals surface area contributed by atoms with Crippen LogP contribution in [-0.2, 0) is 19.7 Å². The maximum Gasteiger partial charge on any atom is 0.206 e. The second-order valence-electron chi connectivity index (χ2n) is 7.71. The third-order valence-electron chi connectivity index (χ3n) is 5.01. The molecule has 0 heterocycles. The van der Waals surface area contributed by atoms with Crippen molar-refractivity contribution in [1.82, 2.24) is 0 Å². The Kier molecular flexibility index (Phi) is 6.84. The number of sulfone groups is 2. The van der Waals surface area contributed by atoms with Gasteiger partial charge in [-0.15, -0.1) is 0 Å². The van der Waals surface area contributed by atoms with Crippen molar-refractivity contribution in [3.05, 3.63) is 103 Å². The molecule has 4 aromatic carbocycles. The molecule has 4 aromatic rings. The van der Waals surface area contributed by atoms with Gasteiger partial charge in [-0.25, -0.2) is 16.8 Å². The summed E-state index contributed by atoms with van der Waals surface area (Å²) in [6.45, 7) is 1.99. The molecule has 0 aromatic heterocycles. The van der Waals surface area contributed by atoms with Gasteiger partial charge in [-0.05, 0) is 91.9 Å². The molecule has 4 rings (SSSR count). The molecule has 0 amide bonds. The highest BCUT2D eigenvalue weighted by Crippen LogP contribution is 2.31. The largest absolute Gasteiger partial charge is 0.457 e. The first-order chi connectivity index (χ1) is 16.1. The second kappa shape index (κ2) is 9.66. The summed E-state index contributed by atoms with van der Waals surface area (Å²) in [6.07, 6.45) is 1.17. The topological polar surface area (TPSA) is 77.5 Å². The molecule has 0 unspecified atom stereocenters. The fourth-order valence-electron chi connectivity index (χ4n) is 3.14. The summed E-state index contributed by atoms with van der Waals surface area (Å²) in [5, 5.41) is 0. The van der Waals surface area contributed by atoms with Gasteiger partial charge in [0.15, 0.2) is 9.84 Å². The Bertz CT molecular complexity index is 1490. The fourth-order valence-corrected chi connectivity index (χ4v) is 5.85. The van der Waals surface area contributed by atoms with Gasteiger partial charge in [0.25, 0.3) is 0 Å². The van der Waals surface area contributed by atoms with Gasteiger partial charge >= 0.3 is 0 Å². The number of hydrogen-bond acceptors (Lipinski definition) is 6. The van der Waals surface area contributed by atoms with E-state index in [1.54, 1.807) is 60.7 Å². The van der Waals surface area contributed by atoms with Gasteiger partial charge in [0, 0.05) is 16.0 Å². The van der Waals surface area contributed by atoms with E-state index in [2.05, 4.69) is 0 Å². The van der Waals surface area contributed by atoms with Crippen LogP contribution in [0.15, 0.2) is 122 Å². The molecular formula is C26H22O5S3. The second-order valence-corrected chi connectivity index (χ2v) is 12.8. The van der Waals surface area contributed by atoms with Crippen LogP contribution in [0.4, 0.5) is 0 Å². The smallest absolute Gasteiger partial charge is 0.206 e. The molecule has 0 radical (unpaired) electrons. The predicted octanol–water partition coefficient (Wildman–Crippen LogP) is 6.17. The SMILES string of the molecule is Cc1ccc(Oc2ccc(S(=O)(=O)c3ccc(Sc4ccc(S(C)(=O)=O)cc4)cc3)cc2)cc1. The van der Waals surface area contributed by atoms with Gasteiger partial charge in [0.1, 0.15) is 11.5 Å². The number of aryl methyl sites for hydroxylation is 1. The van der Waals surface area contributed by atoms with Crippen LogP contribution in [0.5, 0.6) is 11.5 Å². The van der Waals surface area contributed by atoms with Crippen molar-refractivity contribution in [1.29, 1.82) is 0 Å². The highest BCUT2D eigenvalue weighted by atomic mass is 32.2. The normalized spacial score (nSPS) is 11.8. The summed E-state index contributed by atoms with van der Waals surface area (Å²) >= 11 is 1.42. The lowest BCUT2D eigenvalue weighted by molar-refractivity contribution is 0.482. The molecule has 0 saturated carbocycles. The Morgan fingerprint density at radius 2 is 0.941 bits per heavy atom. The van der Waals surface area contributed by atoms with Crippen molar-refractivity contribution in [2.24, 2.45) is 0 Å². The average molecular weight is 511 g/mol. The summed E-state index contributed by atoms with van der Waals surface area (Å²) in [5.74, 6) is 1.23. The van der Waals surface area contributed by atoms with Crippen LogP contribution in [0.3, 0.4) is 0 Å². The van der Waals surface area contributed by atoms with Crippen molar-refractivity contribution in [3.63, 3.8) is 0 Å². The quantitative estimate of drug-likeness (QED) is 0.296.